The van der Waals surface area contributed by atoms with Crippen LogP contribution in [0, 0.1) is 0 Å². The summed E-state index contributed by atoms with van der Waals surface area (Å²) in [6.07, 6.45) is 1.54. The summed E-state index contributed by atoms with van der Waals surface area (Å²) in [5.74, 6) is 1.81. The molecule has 34 heavy (non-hydrogen) atoms. The molecule has 0 radical (unpaired) electrons. The van der Waals surface area contributed by atoms with Crippen LogP contribution in [0.3, 0.4) is 0 Å². The number of thioether (sulfide) groups is 1. The van der Waals surface area contributed by atoms with Crippen LogP contribution in [0.15, 0.2) is 64.2 Å². The first-order valence-electron chi connectivity index (χ1n) is 9.94. The van der Waals surface area contributed by atoms with Gasteiger partial charge in [-0.05, 0) is 69.0 Å². The van der Waals surface area contributed by atoms with E-state index in [-0.39, 0.29) is 18.3 Å². The second kappa shape index (κ2) is 13.3. The van der Waals surface area contributed by atoms with Gasteiger partial charge in [-0.3, -0.25) is 4.79 Å². The number of carbonyl (C=O) groups excluding carboxylic acids is 1. The summed E-state index contributed by atoms with van der Waals surface area (Å²) in [5.41, 5.74) is 5.18. The molecule has 0 saturated heterocycles. The minimum atomic E-state index is -0.198. The predicted octanol–water partition coefficient (Wildman–Crippen LogP) is 7.38. The zero-order chi connectivity index (χ0) is 24.5. The van der Waals surface area contributed by atoms with E-state index < -0.39 is 0 Å². The Morgan fingerprint density at radius 3 is 2.65 bits per heavy atom. The molecule has 0 spiro atoms. The second-order valence-electron chi connectivity index (χ2n) is 6.99. The Kier molecular flexibility index (Phi) is 10.4. The van der Waals surface area contributed by atoms with Crippen LogP contribution in [0.25, 0.3) is 0 Å². The van der Waals surface area contributed by atoms with Gasteiger partial charge < -0.3 is 9.47 Å². The Labute approximate surface area is 225 Å². The third-order valence-corrected chi connectivity index (χ3v) is 6.98. The lowest BCUT2D eigenvalue weighted by Gasteiger charge is -2.14. The maximum atomic E-state index is 12.1. The maximum absolute atomic E-state index is 12.1. The van der Waals surface area contributed by atoms with Gasteiger partial charge in [-0.2, -0.15) is 5.10 Å². The molecule has 3 aromatic rings. The molecule has 0 heterocycles. The lowest BCUT2D eigenvalue weighted by molar-refractivity contribution is -0.118. The van der Waals surface area contributed by atoms with Gasteiger partial charge in [0, 0.05) is 10.8 Å². The van der Waals surface area contributed by atoms with E-state index in [0.29, 0.717) is 36.8 Å². The van der Waals surface area contributed by atoms with Crippen LogP contribution in [0.5, 0.6) is 11.5 Å². The number of halogens is 4. The van der Waals surface area contributed by atoms with Gasteiger partial charge in [0.05, 0.1) is 33.6 Å². The highest BCUT2D eigenvalue weighted by Crippen LogP contribution is 2.37. The Hall–Kier alpha value is -1.90. The van der Waals surface area contributed by atoms with Crippen molar-refractivity contribution in [3.63, 3.8) is 0 Å². The summed E-state index contributed by atoms with van der Waals surface area (Å²) in [4.78, 5) is 12.1. The lowest BCUT2D eigenvalue weighted by atomic mass is 10.2. The van der Waals surface area contributed by atoms with E-state index in [1.54, 1.807) is 25.3 Å². The minimum Gasteiger partial charge on any atom is -0.493 e. The normalized spacial score (nSPS) is 11.0. The molecule has 0 aliphatic carbocycles. The first-order valence-corrected chi connectivity index (χ1v) is 13.0. The molecule has 1 amide bonds. The Morgan fingerprint density at radius 1 is 1.09 bits per heavy atom. The average Bonchev–Trinajstić information content (AvgIpc) is 2.80. The number of nitrogens with one attached hydrogen (secondary N) is 1. The van der Waals surface area contributed by atoms with Gasteiger partial charge in [0.2, 0.25) is 5.91 Å². The number of amides is 1. The van der Waals surface area contributed by atoms with Crippen molar-refractivity contribution in [1.29, 1.82) is 0 Å². The van der Waals surface area contributed by atoms with Crippen molar-refractivity contribution in [2.45, 2.75) is 12.4 Å². The lowest BCUT2D eigenvalue weighted by Crippen LogP contribution is -2.19. The molecule has 3 rings (SSSR count). The van der Waals surface area contributed by atoms with Crippen LogP contribution in [0.2, 0.25) is 15.1 Å². The summed E-state index contributed by atoms with van der Waals surface area (Å²) in [6, 6.07) is 16.4. The van der Waals surface area contributed by atoms with Crippen molar-refractivity contribution in [1.82, 2.24) is 5.43 Å². The molecule has 0 fully saturated rings. The highest BCUT2D eigenvalue weighted by Gasteiger charge is 2.12. The van der Waals surface area contributed by atoms with E-state index in [0.717, 1.165) is 16.7 Å². The topological polar surface area (TPSA) is 59.9 Å². The maximum Gasteiger partial charge on any atom is 0.250 e. The zero-order valence-corrected chi connectivity index (χ0v) is 22.7. The van der Waals surface area contributed by atoms with E-state index in [4.69, 9.17) is 44.3 Å². The summed E-state index contributed by atoms with van der Waals surface area (Å²) in [6.45, 7) is 0.280. The van der Waals surface area contributed by atoms with E-state index >= 15 is 0 Å². The molecule has 0 aliphatic heterocycles. The summed E-state index contributed by atoms with van der Waals surface area (Å²) < 4.78 is 12.1. The van der Waals surface area contributed by atoms with Crippen LogP contribution in [-0.2, 0) is 17.2 Å². The van der Waals surface area contributed by atoms with Crippen LogP contribution >= 0.6 is 62.5 Å². The van der Waals surface area contributed by atoms with E-state index in [9.17, 15) is 4.79 Å². The smallest absolute Gasteiger partial charge is 0.250 e. The Bertz CT molecular complexity index is 1190. The Morgan fingerprint density at radius 2 is 1.91 bits per heavy atom. The number of hydrogen-bond acceptors (Lipinski definition) is 5. The number of benzene rings is 3. The largest absolute Gasteiger partial charge is 0.493 e. The second-order valence-corrected chi connectivity index (χ2v) is 10.1. The third-order valence-electron chi connectivity index (χ3n) is 4.41. The molecule has 0 aromatic heterocycles. The molecule has 0 aliphatic rings. The fourth-order valence-corrected chi connectivity index (χ4v) is 4.71. The number of nitrogens with zero attached hydrogens (tertiary/aromatic N) is 1. The summed E-state index contributed by atoms with van der Waals surface area (Å²) in [5, 5.41) is 5.66. The molecule has 0 unspecified atom stereocenters. The molecule has 178 valence electrons. The molecule has 0 saturated carbocycles. The number of hydrazone groups is 1. The van der Waals surface area contributed by atoms with Crippen molar-refractivity contribution in [2.24, 2.45) is 5.10 Å². The van der Waals surface area contributed by atoms with Gasteiger partial charge in [0.25, 0.3) is 0 Å². The molecule has 3 aromatic carbocycles. The van der Waals surface area contributed by atoms with E-state index in [2.05, 4.69) is 26.5 Å². The van der Waals surface area contributed by atoms with Crippen LogP contribution in [0.4, 0.5) is 0 Å². The molecule has 5 nitrogen and oxygen atoms in total. The summed E-state index contributed by atoms with van der Waals surface area (Å²) >= 11 is 23.0. The number of rotatable bonds is 10. The van der Waals surface area contributed by atoms with Gasteiger partial charge in [0.1, 0.15) is 6.61 Å². The number of ether oxygens (including phenoxy) is 2. The number of carbonyl (C=O) groups is 1. The number of methoxy groups -OCH3 is 1. The zero-order valence-electron chi connectivity index (χ0n) is 18.0. The van der Waals surface area contributed by atoms with E-state index in [1.807, 2.05) is 36.4 Å². The van der Waals surface area contributed by atoms with Crippen molar-refractivity contribution in [2.75, 3.05) is 12.9 Å². The minimum absolute atomic E-state index is 0.198. The molecule has 1 N–H and O–H groups in total. The van der Waals surface area contributed by atoms with Crippen molar-refractivity contribution in [3.05, 3.63) is 90.8 Å². The van der Waals surface area contributed by atoms with Gasteiger partial charge in [-0.15, -0.1) is 11.8 Å². The van der Waals surface area contributed by atoms with Crippen LogP contribution in [-0.4, -0.2) is 25.0 Å². The van der Waals surface area contributed by atoms with E-state index in [1.165, 1.54) is 18.0 Å². The molecule has 0 atom stereocenters. The SMILES string of the molecule is COc1cc(/C=N\NC(=O)CSCc2cccc(Cl)c2)cc(Br)c1OCc1ccc(Cl)c(Cl)c1. The van der Waals surface area contributed by atoms with Crippen molar-refractivity contribution >= 4 is 74.6 Å². The van der Waals surface area contributed by atoms with Gasteiger partial charge in [-0.1, -0.05) is 53.0 Å². The van der Waals surface area contributed by atoms with Gasteiger partial charge in [0.15, 0.2) is 11.5 Å². The van der Waals surface area contributed by atoms with Crippen LogP contribution in [0.1, 0.15) is 16.7 Å². The summed E-state index contributed by atoms with van der Waals surface area (Å²) in [7, 11) is 1.55. The van der Waals surface area contributed by atoms with Crippen molar-refractivity contribution in [3.8, 4) is 11.5 Å². The van der Waals surface area contributed by atoms with Crippen LogP contribution < -0.4 is 14.9 Å². The highest BCUT2D eigenvalue weighted by atomic mass is 79.9. The first-order chi connectivity index (χ1) is 16.4. The van der Waals surface area contributed by atoms with Gasteiger partial charge >= 0.3 is 0 Å². The molecular weight excluding hydrogens is 583 g/mol. The number of hydrogen-bond donors (Lipinski definition) is 1. The standard InChI is InChI=1S/C24H20BrCl3N2O3S/c1-32-22-10-17(8-19(25)24(22)33-12-15-5-6-20(27)21(28)9-15)11-29-30-23(31)14-34-13-16-3-2-4-18(26)7-16/h2-11H,12-14H2,1H3,(H,30,31)/b29-11-. The van der Waals surface area contributed by atoms with Crippen molar-refractivity contribution < 1.29 is 14.3 Å². The Balaban J connectivity index is 1.54. The molecule has 10 heteroatoms. The highest BCUT2D eigenvalue weighted by molar-refractivity contribution is 9.10. The molecule has 0 bridgehead atoms. The predicted molar refractivity (Wildman–Crippen MR) is 145 cm³/mol. The quantitative estimate of drug-likeness (QED) is 0.194. The van der Waals surface area contributed by atoms with Gasteiger partial charge in [-0.25, -0.2) is 5.43 Å². The fraction of sp³-hybridized carbons (Fsp3) is 0.167. The first kappa shape index (κ1) is 26.7. The molecular formula is C24H20BrCl3N2O3S. The monoisotopic (exact) mass is 600 g/mol. The third kappa shape index (κ3) is 8.10. The average molecular weight is 603 g/mol. The fourth-order valence-electron chi connectivity index (χ4n) is 2.84.